The molecule has 1 aliphatic rings. The molecule has 0 amide bonds. The van der Waals surface area contributed by atoms with Crippen molar-refractivity contribution in [3.63, 3.8) is 0 Å². The van der Waals surface area contributed by atoms with Gasteiger partial charge in [-0.05, 0) is 12.5 Å². The lowest BCUT2D eigenvalue weighted by atomic mass is 10.2. The Bertz CT molecular complexity index is 554. The van der Waals surface area contributed by atoms with Crippen LogP contribution in [0.15, 0.2) is 18.3 Å². The summed E-state index contributed by atoms with van der Waals surface area (Å²) in [6, 6.07) is 4.02. The Morgan fingerprint density at radius 1 is 1.29 bits per heavy atom. The highest BCUT2D eigenvalue weighted by Crippen LogP contribution is 2.16. The molecule has 2 heterocycles. The number of anilines is 1. The van der Waals surface area contributed by atoms with Crippen LogP contribution in [0.1, 0.15) is 18.9 Å². The molecule has 0 atom stereocenters. The fourth-order valence-corrected chi connectivity index (χ4v) is 3.26. The Kier molecular flexibility index (Phi) is 5.55. The predicted octanol–water partition coefficient (Wildman–Crippen LogP) is 0.981. The number of nitrogens with zero attached hydrogens (tertiary/aromatic N) is 3. The first-order valence-electron chi connectivity index (χ1n) is 7.36. The topological polar surface area (TPSA) is 65.5 Å². The summed E-state index contributed by atoms with van der Waals surface area (Å²) in [5.74, 6) is 0.935. The number of hydrogen-bond acceptors (Lipinski definition) is 5. The van der Waals surface area contributed by atoms with Crippen LogP contribution < -0.4 is 5.32 Å². The Balaban J connectivity index is 1.94. The van der Waals surface area contributed by atoms with E-state index in [9.17, 15) is 8.42 Å². The molecular weight excluding hydrogens is 288 g/mol. The summed E-state index contributed by atoms with van der Waals surface area (Å²) < 4.78 is 24.6. The van der Waals surface area contributed by atoms with E-state index in [0.29, 0.717) is 13.1 Å². The van der Waals surface area contributed by atoms with Crippen LogP contribution in [0.25, 0.3) is 0 Å². The first-order chi connectivity index (χ1) is 10.0. The lowest BCUT2D eigenvalue weighted by Gasteiger charge is -2.33. The van der Waals surface area contributed by atoms with Crippen molar-refractivity contribution in [2.45, 2.75) is 19.9 Å². The van der Waals surface area contributed by atoms with Crippen LogP contribution in [-0.2, 0) is 16.6 Å². The maximum Gasteiger partial charge on any atom is 0.211 e. The van der Waals surface area contributed by atoms with Crippen molar-refractivity contribution in [2.24, 2.45) is 0 Å². The van der Waals surface area contributed by atoms with Gasteiger partial charge < -0.3 is 5.32 Å². The van der Waals surface area contributed by atoms with E-state index < -0.39 is 10.0 Å². The van der Waals surface area contributed by atoms with Crippen molar-refractivity contribution in [2.75, 3.05) is 44.3 Å². The first kappa shape index (κ1) is 16.2. The van der Waals surface area contributed by atoms with Gasteiger partial charge >= 0.3 is 0 Å². The molecule has 0 bridgehead atoms. The average molecular weight is 312 g/mol. The summed E-state index contributed by atoms with van der Waals surface area (Å²) in [7, 11) is -3.06. The van der Waals surface area contributed by atoms with E-state index in [1.807, 2.05) is 6.07 Å². The highest BCUT2D eigenvalue weighted by atomic mass is 32.2. The molecule has 1 fully saturated rings. The van der Waals surface area contributed by atoms with Crippen LogP contribution in [0.4, 0.5) is 5.82 Å². The zero-order valence-corrected chi connectivity index (χ0v) is 13.6. The number of nitrogens with one attached hydrogen (secondary N) is 1. The van der Waals surface area contributed by atoms with Crippen molar-refractivity contribution in [3.05, 3.63) is 23.9 Å². The van der Waals surface area contributed by atoms with Gasteiger partial charge in [-0.15, -0.1) is 0 Å². The van der Waals surface area contributed by atoms with E-state index in [2.05, 4.69) is 28.2 Å². The molecule has 1 aromatic heterocycles. The number of sulfonamides is 1. The molecule has 118 valence electrons. The quantitative estimate of drug-likeness (QED) is 0.848. The minimum atomic E-state index is -3.06. The van der Waals surface area contributed by atoms with Gasteiger partial charge in [0.2, 0.25) is 10.0 Å². The SMILES string of the molecule is CCCNc1ncccc1CN1CCN(S(C)(=O)=O)CC1. The van der Waals surface area contributed by atoms with Crippen molar-refractivity contribution in [1.29, 1.82) is 0 Å². The van der Waals surface area contributed by atoms with Crippen LogP contribution in [0.3, 0.4) is 0 Å². The number of piperazine rings is 1. The molecule has 2 rings (SSSR count). The van der Waals surface area contributed by atoms with Crippen LogP contribution in [-0.4, -0.2) is 61.6 Å². The normalized spacial score (nSPS) is 17.8. The summed E-state index contributed by atoms with van der Waals surface area (Å²) >= 11 is 0. The lowest BCUT2D eigenvalue weighted by Crippen LogP contribution is -2.47. The molecule has 6 nitrogen and oxygen atoms in total. The first-order valence-corrected chi connectivity index (χ1v) is 9.20. The van der Waals surface area contributed by atoms with Crippen LogP contribution in [0, 0.1) is 0 Å². The van der Waals surface area contributed by atoms with E-state index in [0.717, 1.165) is 38.4 Å². The molecule has 0 saturated carbocycles. The molecule has 1 aliphatic heterocycles. The van der Waals surface area contributed by atoms with Gasteiger partial charge in [0.15, 0.2) is 0 Å². The van der Waals surface area contributed by atoms with Gasteiger partial charge in [-0.25, -0.2) is 13.4 Å². The standard InChI is InChI=1S/C14H24N4O2S/c1-3-6-15-14-13(5-4-7-16-14)12-17-8-10-18(11-9-17)21(2,19)20/h4-5,7H,3,6,8-12H2,1-2H3,(H,15,16). The fraction of sp³-hybridized carbons (Fsp3) is 0.643. The van der Waals surface area contributed by atoms with Gasteiger partial charge in [0, 0.05) is 51.0 Å². The van der Waals surface area contributed by atoms with Crippen molar-refractivity contribution in [1.82, 2.24) is 14.2 Å². The molecule has 0 aliphatic carbocycles. The number of hydrogen-bond donors (Lipinski definition) is 1. The number of aromatic nitrogens is 1. The third kappa shape index (κ3) is 4.66. The molecule has 0 radical (unpaired) electrons. The zero-order valence-electron chi connectivity index (χ0n) is 12.7. The fourth-order valence-electron chi connectivity index (χ4n) is 2.43. The second-order valence-corrected chi connectivity index (χ2v) is 7.36. The highest BCUT2D eigenvalue weighted by Gasteiger charge is 2.23. The third-order valence-electron chi connectivity index (χ3n) is 3.63. The molecule has 21 heavy (non-hydrogen) atoms. The lowest BCUT2D eigenvalue weighted by molar-refractivity contribution is 0.182. The van der Waals surface area contributed by atoms with E-state index in [1.54, 1.807) is 10.5 Å². The number of pyridine rings is 1. The van der Waals surface area contributed by atoms with Gasteiger partial charge in [0.25, 0.3) is 0 Å². The van der Waals surface area contributed by atoms with Gasteiger partial charge in [-0.2, -0.15) is 4.31 Å². The van der Waals surface area contributed by atoms with Crippen LogP contribution in [0.2, 0.25) is 0 Å². The molecule has 0 aromatic carbocycles. The summed E-state index contributed by atoms with van der Waals surface area (Å²) in [5.41, 5.74) is 1.17. The van der Waals surface area contributed by atoms with Crippen LogP contribution in [0.5, 0.6) is 0 Å². The largest absolute Gasteiger partial charge is 0.370 e. The molecule has 0 unspecified atom stereocenters. The van der Waals surface area contributed by atoms with Crippen molar-refractivity contribution >= 4 is 15.8 Å². The maximum atomic E-state index is 11.5. The molecular formula is C14H24N4O2S. The Morgan fingerprint density at radius 3 is 2.62 bits per heavy atom. The second-order valence-electron chi connectivity index (χ2n) is 5.38. The van der Waals surface area contributed by atoms with Gasteiger partial charge in [-0.3, -0.25) is 4.90 Å². The Morgan fingerprint density at radius 2 is 2.00 bits per heavy atom. The average Bonchev–Trinajstić information content (AvgIpc) is 2.46. The van der Waals surface area contributed by atoms with Crippen molar-refractivity contribution in [3.8, 4) is 0 Å². The molecule has 1 N–H and O–H groups in total. The summed E-state index contributed by atoms with van der Waals surface area (Å²) in [6.45, 7) is 6.49. The summed E-state index contributed by atoms with van der Waals surface area (Å²) in [6.07, 6.45) is 4.13. The maximum absolute atomic E-state index is 11.5. The van der Waals surface area contributed by atoms with E-state index >= 15 is 0 Å². The Labute approximate surface area is 127 Å². The summed E-state index contributed by atoms with van der Waals surface area (Å²) in [4.78, 5) is 6.67. The van der Waals surface area contributed by atoms with Gasteiger partial charge in [0.1, 0.15) is 5.82 Å². The van der Waals surface area contributed by atoms with E-state index in [1.165, 1.54) is 11.8 Å². The second kappa shape index (κ2) is 7.20. The molecule has 0 spiro atoms. The van der Waals surface area contributed by atoms with E-state index in [4.69, 9.17) is 0 Å². The Hall–Kier alpha value is -1.18. The molecule has 7 heteroatoms. The predicted molar refractivity (Wildman–Crippen MR) is 84.7 cm³/mol. The minimum absolute atomic E-state index is 0.566. The molecule has 1 aromatic rings. The van der Waals surface area contributed by atoms with Gasteiger partial charge in [-0.1, -0.05) is 13.0 Å². The summed E-state index contributed by atoms with van der Waals surface area (Å²) in [5, 5.41) is 3.34. The number of rotatable bonds is 6. The van der Waals surface area contributed by atoms with E-state index in [-0.39, 0.29) is 0 Å². The highest BCUT2D eigenvalue weighted by molar-refractivity contribution is 7.88. The third-order valence-corrected chi connectivity index (χ3v) is 4.93. The molecule has 1 saturated heterocycles. The van der Waals surface area contributed by atoms with Crippen LogP contribution >= 0.6 is 0 Å². The van der Waals surface area contributed by atoms with Crippen molar-refractivity contribution < 1.29 is 8.42 Å². The minimum Gasteiger partial charge on any atom is -0.370 e. The monoisotopic (exact) mass is 312 g/mol. The van der Waals surface area contributed by atoms with Gasteiger partial charge in [0.05, 0.1) is 6.26 Å². The zero-order chi connectivity index (χ0) is 15.3. The smallest absolute Gasteiger partial charge is 0.211 e.